The average molecular weight is 450 g/mol. The number of nitrogens with zero attached hydrogens (tertiary/aromatic N) is 3. The van der Waals surface area contributed by atoms with E-state index in [1.807, 2.05) is 30.3 Å². The summed E-state index contributed by atoms with van der Waals surface area (Å²) in [6.07, 6.45) is 1.54. The van der Waals surface area contributed by atoms with Crippen molar-refractivity contribution in [2.75, 3.05) is 12.4 Å². The third kappa shape index (κ3) is 5.51. The van der Waals surface area contributed by atoms with Gasteiger partial charge in [-0.15, -0.1) is 5.10 Å². The van der Waals surface area contributed by atoms with Gasteiger partial charge >= 0.3 is 6.61 Å². The van der Waals surface area contributed by atoms with E-state index in [-0.39, 0.29) is 11.4 Å². The number of carbonyl (C=O) groups is 1. The number of hydrogen-bond donors (Lipinski definition) is 1. The molecular weight excluding hydrogens is 430 g/mol. The topological polar surface area (TPSA) is 78.3 Å². The van der Waals surface area contributed by atoms with Gasteiger partial charge in [-0.2, -0.15) is 8.78 Å². The number of hydrogen-bond acceptors (Lipinski definition) is 5. The summed E-state index contributed by atoms with van der Waals surface area (Å²) in [6.45, 7) is -2.51. The van der Waals surface area contributed by atoms with Gasteiger partial charge in [-0.05, 0) is 41.5 Å². The predicted molar refractivity (Wildman–Crippen MR) is 119 cm³/mol. The number of rotatable bonds is 8. The zero-order chi connectivity index (χ0) is 23.2. The molecule has 1 heterocycles. The van der Waals surface area contributed by atoms with E-state index in [2.05, 4.69) is 20.4 Å². The fourth-order valence-electron chi connectivity index (χ4n) is 3.25. The van der Waals surface area contributed by atoms with Crippen molar-refractivity contribution in [3.05, 3.63) is 90.3 Å². The minimum atomic E-state index is -2.98. The van der Waals surface area contributed by atoms with Gasteiger partial charge in [0, 0.05) is 11.3 Å². The Kier molecular flexibility index (Phi) is 6.58. The summed E-state index contributed by atoms with van der Waals surface area (Å²) >= 11 is 0. The van der Waals surface area contributed by atoms with Gasteiger partial charge in [0.2, 0.25) is 0 Å². The number of ether oxygens (including phenoxy) is 2. The van der Waals surface area contributed by atoms with Gasteiger partial charge in [-0.1, -0.05) is 47.7 Å². The van der Waals surface area contributed by atoms with Crippen LogP contribution < -0.4 is 14.8 Å². The van der Waals surface area contributed by atoms with Gasteiger partial charge < -0.3 is 14.8 Å². The van der Waals surface area contributed by atoms with E-state index < -0.39 is 12.5 Å². The number of halogens is 2. The Morgan fingerprint density at radius 3 is 2.52 bits per heavy atom. The molecule has 0 aliphatic rings. The van der Waals surface area contributed by atoms with Gasteiger partial charge in [0.05, 0.1) is 19.9 Å². The van der Waals surface area contributed by atoms with Crippen LogP contribution in [0.2, 0.25) is 0 Å². The standard InChI is InChI=1S/C24H20F2N4O3/c1-32-19-10-7-17(8-11-19)20-13-18(9-12-22(20)33-24(25)26)27-23(31)21-15-30(29-28-21)14-16-5-3-2-4-6-16/h2-13,15,24H,14H2,1H3,(H,27,31). The molecule has 7 nitrogen and oxygen atoms in total. The minimum absolute atomic E-state index is 0.0121. The Morgan fingerprint density at radius 2 is 1.82 bits per heavy atom. The van der Waals surface area contributed by atoms with Crippen LogP contribution in [0.1, 0.15) is 16.1 Å². The van der Waals surface area contributed by atoms with E-state index >= 15 is 0 Å². The normalized spacial score (nSPS) is 10.8. The fraction of sp³-hybridized carbons (Fsp3) is 0.125. The molecule has 3 aromatic carbocycles. The molecule has 4 rings (SSSR count). The van der Waals surface area contributed by atoms with Crippen molar-refractivity contribution in [2.24, 2.45) is 0 Å². The highest BCUT2D eigenvalue weighted by Gasteiger charge is 2.16. The van der Waals surface area contributed by atoms with Gasteiger partial charge in [-0.25, -0.2) is 4.68 Å². The highest BCUT2D eigenvalue weighted by Crippen LogP contribution is 2.34. The smallest absolute Gasteiger partial charge is 0.387 e. The fourth-order valence-corrected chi connectivity index (χ4v) is 3.25. The molecule has 33 heavy (non-hydrogen) atoms. The lowest BCUT2D eigenvalue weighted by atomic mass is 10.0. The van der Waals surface area contributed by atoms with Gasteiger partial charge in [0.15, 0.2) is 5.69 Å². The van der Waals surface area contributed by atoms with E-state index in [4.69, 9.17) is 4.74 Å². The van der Waals surface area contributed by atoms with E-state index in [0.717, 1.165) is 5.56 Å². The van der Waals surface area contributed by atoms with Crippen molar-refractivity contribution in [3.8, 4) is 22.6 Å². The third-order valence-electron chi connectivity index (χ3n) is 4.81. The lowest BCUT2D eigenvalue weighted by molar-refractivity contribution is -0.0494. The van der Waals surface area contributed by atoms with Crippen LogP contribution in [0.5, 0.6) is 11.5 Å². The number of anilines is 1. The van der Waals surface area contributed by atoms with Crippen LogP contribution in [-0.4, -0.2) is 34.6 Å². The molecule has 0 unspecified atom stereocenters. The quantitative estimate of drug-likeness (QED) is 0.415. The lowest BCUT2D eigenvalue weighted by Crippen LogP contribution is -2.13. The molecule has 0 aliphatic heterocycles. The van der Waals surface area contributed by atoms with Crippen LogP contribution >= 0.6 is 0 Å². The first-order chi connectivity index (χ1) is 16.0. The maximum atomic E-state index is 12.9. The number of carbonyl (C=O) groups excluding carboxylic acids is 1. The number of methoxy groups -OCH3 is 1. The molecule has 9 heteroatoms. The third-order valence-corrected chi connectivity index (χ3v) is 4.81. The van der Waals surface area contributed by atoms with Crippen molar-refractivity contribution >= 4 is 11.6 Å². The molecule has 0 atom stereocenters. The van der Waals surface area contributed by atoms with Gasteiger partial charge in [0.1, 0.15) is 11.5 Å². The van der Waals surface area contributed by atoms with Crippen LogP contribution in [0, 0.1) is 0 Å². The van der Waals surface area contributed by atoms with Crippen molar-refractivity contribution < 1.29 is 23.0 Å². The van der Waals surface area contributed by atoms with Crippen molar-refractivity contribution in [2.45, 2.75) is 13.2 Å². The molecule has 168 valence electrons. The van der Waals surface area contributed by atoms with E-state index in [0.29, 0.717) is 29.1 Å². The average Bonchev–Trinajstić information content (AvgIpc) is 3.29. The summed E-state index contributed by atoms with van der Waals surface area (Å²) < 4.78 is 37.2. The first-order valence-corrected chi connectivity index (χ1v) is 10.0. The van der Waals surface area contributed by atoms with E-state index in [1.165, 1.54) is 19.2 Å². The Bertz CT molecular complexity index is 1230. The second kappa shape index (κ2) is 9.90. The SMILES string of the molecule is COc1ccc(-c2cc(NC(=O)c3cn(Cc4ccccc4)nn3)ccc2OC(F)F)cc1. The van der Waals surface area contributed by atoms with Crippen molar-refractivity contribution in [1.29, 1.82) is 0 Å². The molecule has 0 radical (unpaired) electrons. The monoisotopic (exact) mass is 450 g/mol. The number of alkyl halides is 2. The second-order valence-electron chi connectivity index (χ2n) is 7.06. The maximum absolute atomic E-state index is 12.9. The van der Waals surface area contributed by atoms with Crippen LogP contribution in [-0.2, 0) is 6.54 Å². The summed E-state index contributed by atoms with van der Waals surface area (Å²) in [5.41, 5.74) is 2.56. The maximum Gasteiger partial charge on any atom is 0.387 e. The molecule has 4 aromatic rings. The molecule has 0 spiro atoms. The van der Waals surface area contributed by atoms with Crippen molar-refractivity contribution in [3.63, 3.8) is 0 Å². The zero-order valence-corrected chi connectivity index (χ0v) is 17.6. The number of nitrogens with one attached hydrogen (secondary N) is 1. The van der Waals surface area contributed by atoms with E-state index in [1.54, 1.807) is 41.2 Å². The molecule has 0 aliphatic carbocycles. The van der Waals surface area contributed by atoms with E-state index in [9.17, 15) is 13.6 Å². The Labute approximate surface area is 188 Å². The van der Waals surface area contributed by atoms with Crippen LogP contribution in [0.25, 0.3) is 11.1 Å². The molecule has 0 saturated carbocycles. The van der Waals surface area contributed by atoms with Crippen LogP contribution in [0.3, 0.4) is 0 Å². The Balaban J connectivity index is 1.54. The molecular formula is C24H20F2N4O3. The second-order valence-corrected chi connectivity index (χ2v) is 7.06. The molecule has 0 bridgehead atoms. The Morgan fingerprint density at radius 1 is 1.06 bits per heavy atom. The minimum Gasteiger partial charge on any atom is -0.497 e. The van der Waals surface area contributed by atoms with Crippen LogP contribution in [0.4, 0.5) is 14.5 Å². The first-order valence-electron chi connectivity index (χ1n) is 10.0. The molecule has 1 amide bonds. The van der Waals surface area contributed by atoms with Gasteiger partial charge in [0.25, 0.3) is 5.91 Å². The summed E-state index contributed by atoms with van der Waals surface area (Å²) in [7, 11) is 1.53. The molecule has 1 aromatic heterocycles. The number of amides is 1. The highest BCUT2D eigenvalue weighted by molar-refractivity contribution is 6.03. The number of aromatic nitrogens is 3. The zero-order valence-electron chi connectivity index (χ0n) is 17.6. The molecule has 0 fully saturated rings. The first kappa shape index (κ1) is 21.9. The summed E-state index contributed by atoms with van der Waals surface area (Å²) in [5.74, 6) is 0.137. The summed E-state index contributed by atoms with van der Waals surface area (Å²) in [6, 6.07) is 20.9. The molecule has 0 saturated heterocycles. The Hall–Kier alpha value is -4.27. The highest BCUT2D eigenvalue weighted by atomic mass is 19.3. The van der Waals surface area contributed by atoms with Crippen LogP contribution in [0.15, 0.2) is 79.0 Å². The summed E-state index contributed by atoms with van der Waals surface area (Å²) in [5, 5.41) is 10.6. The lowest BCUT2D eigenvalue weighted by Gasteiger charge is -2.13. The predicted octanol–water partition coefficient (Wildman–Crippen LogP) is 4.86. The summed E-state index contributed by atoms with van der Waals surface area (Å²) in [4.78, 5) is 12.7. The molecule has 1 N–H and O–H groups in total. The van der Waals surface area contributed by atoms with Gasteiger partial charge in [-0.3, -0.25) is 4.79 Å². The number of benzene rings is 3. The van der Waals surface area contributed by atoms with Crippen molar-refractivity contribution in [1.82, 2.24) is 15.0 Å². The largest absolute Gasteiger partial charge is 0.497 e.